The first-order chi connectivity index (χ1) is 9.84. The fourth-order valence-electron chi connectivity index (χ4n) is 2.09. The molecule has 1 aromatic carbocycles. The Morgan fingerprint density at radius 2 is 2.10 bits per heavy atom. The van der Waals surface area contributed by atoms with Crippen molar-refractivity contribution in [3.63, 3.8) is 0 Å². The Balaban J connectivity index is 1.92. The molecule has 1 aromatic rings. The Labute approximate surface area is 126 Å². The van der Waals surface area contributed by atoms with Crippen LogP contribution in [0, 0.1) is 22.6 Å². The summed E-state index contributed by atoms with van der Waals surface area (Å²) in [5.74, 6) is -0.0605. The van der Waals surface area contributed by atoms with Gasteiger partial charge in [-0.15, -0.1) is 0 Å². The van der Waals surface area contributed by atoms with Crippen molar-refractivity contribution in [2.45, 2.75) is 52.1 Å². The van der Waals surface area contributed by atoms with Gasteiger partial charge in [0.15, 0.2) is 11.6 Å². The molecule has 0 heterocycles. The average Bonchev–Trinajstić information content (AvgIpc) is 3.15. The third kappa shape index (κ3) is 4.71. The number of halogens is 1. The van der Waals surface area contributed by atoms with Crippen LogP contribution in [-0.4, -0.2) is 12.1 Å². The van der Waals surface area contributed by atoms with E-state index >= 15 is 0 Å². The fraction of sp³-hybridized carbons (Fsp3) is 0.588. The van der Waals surface area contributed by atoms with Crippen LogP contribution in [0.5, 0.6) is 5.75 Å². The second-order valence-electron chi connectivity index (χ2n) is 6.99. The minimum absolute atomic E-state index is 0.00129. The summed E-state index contributed by atoms with van der Waals surface area (Å²) in [4.78, 5) is 0. The van der Waals surface area contributed by atoms with Crippen LogP contribution in [0.4, 0.5) is 4.39 Å². The van der Waals surface area contributed by atoms with Crippen molar-refractivity contribution in [1.29, 1.82) is 5.26 Å². The number of hydrogen-bond acceptors (Lipinski definition) is 3. The van der Waals surface area contributed by atoms with E-state index in [1.165, 1.54) is 6.07 Å². The van der Waals surface area contributed by atoms with Crippen LogP contribution in [0.2, 0.25) is 0 Å². The van der Waals surface area contributed by atoms with Crippen molar-refractivity contribution in [3.8, 4) is 11.8 Å². The summed E-state index contributed by atoms with van der Waals surface area (Å²) in [7, 11) is 0. The van der Waals surface area contributed by atoms with Crippen molar-refractivity contribution in [1.82, 2.24) is 5.32 Å². The molecule has 21 heavy (non-hydrogen) atoms. The van der Waals surface area contributed by atoms with Crippen LogP contribution in [-0.2, 0) is 6.54 Å². The Hall–Kier alpha value is -1.60. The number of hydrogen-bond donors (Lipinski definition) is 1. The number of nitrogens with zero attached hydrogens (tertiary/aromatic N) is 1. The van der Waals surface area contributed by atoms with E-state index in [2.05, 4.69) is 32.2 Å². The highest BCUT2D eigenvalue weighted by Gasteiger charge is 2.43. The van der Waals surface area contributed by atoms with Crippen LogP contribution in [0.3, 0.4) is 0 Å². The molecule has 1 aliphatic rings. The Morgan fingerprint density at radius 1 is 1.38 bits per heavy atom. The largest absolute Gasteiger partial charge is 0.490 e. The number of rotatable bonds is 6. The van der Waals surface area contributed by atoms with E-state index in [-0.39, 0.29) is 22.5 Å². The molecule has 1 fully saturated rings. The van der Waals surface area contributed by atoms with E-state index in [1.54, 1.807) is 6.07 Å². The monoisotopic (exact) mass is 290 g/mol. The van der Waals surface area contributed by atoms with E-state index in [0.717, 1.165) is 18.4 Å². The van der Waals surface area contributed by atoms with Crippen molar-refractivity contribution < 1.29 is 9.13 Å². The predicted molar refractivity (Wildman–Crippen MR) is 80.4 cm³/mol. The molecule has 114 valence electrons. The number of ether oxygens (including phenoxy) is 1. The molecule has 0 atom stereocenters. The first-order valence-corrected chi connectivity index (χ1v) is 7.37. The minimum Gasteiger partial charge on any atom is -0.490 e. The lowest BCUT2D eigenvalue weighted by molar-refractivity contribution is 0.227. The molecular formula is C17H23FN2O. The van der Waals surface area contributed by atoms with Crippen LogP contribution in [0.25, 0.3) is 0 Å². The van der Waals surface area contributed by atoms with Crippen molar-refractivity contribution >= 4 is 0 Å². The third-order valence-electron chi connectivity index (χ3n) is 3.76. The zero-order valence-electron chi connectivity index (χ0n) is 13.0. The van der Waals surface area contributed by atoms with Gasteiger partial charge in [-0.2, -0.15) is 5.26 Å². The number of benzene rings is 1. The first kappa shape index (κ1) is 15.8. The molecule has 0 saturated heterocycles. The number of nitrogens with one attached hydrogen (secondary N) is 1. The van der Waals surface area contributed by atoms with Crippen molar-refractivity contribution in [3.05, 3.63) is 29.6 Å². The lowest BCUT2D eigenvalue weighted by Gasteiger charge is -2.20. The first-order valence-electron chi connectivity index (χ1n) is 7.37. The second-order valence-corrected chi connectivity index (χ2v) is 6.99. The standard InChI is InChI=1S/C17H23FN2O/c1-16(2,3)20-11-13-4-5-15(14(18)10-13)21-12-17(6-7-17)8-9-19/h4-5,10,20H,6-8,11-12H2,1-3H3. The summed E-state index contributed by atoms with van der Waals surface area (Å²) in [6, 6.07) is 7.25. The van der Waals surface area contributed by atoms with Crippen LogP contribution in [0.1, 0.15) is 45.6 Å². The topological polar surface area (TPSA) is 45.0 Å². The molecule has 1 saturated carbocycles. The SMILES string of the molecule is CC(C)(C)NCc1ccc(OCC2(CC#N)CC2)c(F)c1. The van der Waals surface area contributed by atoms with Crippen LogP contribution < -0.4 is 10.1 Å². The lowest BCUT2D eigenvalue weighted by atomic mass is 10.1. The van der Waals surface area contributed by atoms with Crippen LogP contribution >= 0.6 is 0 Å². The maximum Gasteiger partial charge on any atom is 0.165 e. The van der Waals surface area contributed by atoms with Gasteiger partial charge in [0, 0.05) is 23.9 Å². The van der Waals surface area contributed by atoms with Gasteiger partial charge in [0.1, 0.15) is 0 Å². The molecular weight excluding hydrogens is 267 g/mol. The zero-order valence-corrected chi connectivity index (χ0v) is 13.0. The van der Waals surface area contributed by atoms with Gasteiger partial charge in [-0.05, 0) is 51.3 Å². The molecule has 2 rings (SSSR count). The fourth-order valence-corrected chi connectivity index (χ4v) is 2.09. The molecule has 0 aliphatic heterocycles. The van der Waals surface area contributed by atoms with Crippen LogP contribution in [0.15, 0.2) is 18.2 Å². The quantitative estimate of drug-likeness (QED) is 0.867. The maximum absolute atomic E-state index is 14.0. The molecule has 1 aliphatic carbocycles. The molecule has 0 unspecified atom stereocenters. The van der Waals surface area contributed by atoms with E-state index in [9.17, 15) is 4.39 Å². The summed E-state index contributed by atoms with van der Waals surface area (Å²) >= 11 is 0. The van der Waals surface area contributed by atoms with E-state index < -0.39 is 0 Å². The smallest absolute Gasteiger partial charge is 0.165 e. The van der Waals surface area contributed by atoms with Gasteiger partial charge in [0.2, 0.25) is 0 Å². The molecule has 0 radical (unpaired) electrons. The Kier molecular flexibility index (Phi) is 4.53. The van der Waals surface area contributed by atoms with E-state index in [1.807, 2.05) is 6.07 Å². The summed E-state index contributed by atoms with van der Waals surface area (Å²) in [6.07, 6.45) is 2.48. The highest BCUT2D eigenvalue weighted by Crippen LogP contribution is 2.48. The highest BCUT2D eigenvalue weighted by molar-refractivity contribution is 5.29. The molecule has 0 amide bonds. The highest BCUT2D eigenvalue weighted by atomic mass is 19.1. The third-order valence-corrected chi connectivity index (χ3v) is 3.76. The van der Waals surface area contributed by atoms with E-state index in [4.69, 9.17) is 10.00 Å². The van der Waals surface area contributed by atoms with Gasteiger partial charge in [-0.1, -0.05) is 6.07 Å². The predicted octanol–water partition coefficient (Wildman–Crippen LogP) is 3.79. The molecule has 0 spiro atoms. The molecule has 0 bridgehead atoms. The Bertz CT molecular complexity index is 539. The molecule has 1 N–H and O–H groups in total. The Morgan fingerprint density at radius 3 is 2.62 bits per heavy atom. The summed E-state index contributed by atoms with van der Waals surface area (Å²) in [5.41, 5.74) is 0.863. The van der Waals surface area contributed by atoms with Gasteiger partial charge >= 0.3 is 0 Å². The molecule has 4 heteroatoms. The minimum atomic E-state index is -0.337. The summed E-state index contributed by atoms with van der Waals surface area (Å²) in [6.45, 7) is 7.28. The zero-order chi connectivity index (χ0) is 15.5. The van der Waals surface area contributed by atoms with Gasteiger partial charge in [0.25, 0.3) is 0 Å². The average molecular weight is 290 g/mol. The normalized spacial score (nSPS) is 16.3. The maximum atomic E-state index is 14.0. The summed E-state index contributed by atoms with van der Waals surface area (Å²) in [5, 5.41) is 12.1. The van der Waals surface area contributed by atoms with Gasteiger partial charge in [-0.3, -0.25) is 0 Å². The lowest BCUT2D eigenvalue weighted by Crippen LogP contribution is -2.35. The van der Waals surface area contributed by atoms with Gasteiger partial charge in [0.05, 0.1) is 12.7 Å². The molecule has 3 nitrogen and oxygen atoms in total. The van der Waals surface area contributed by atoms with Crippen molar-refractivity contribution in [2.24, 2.45) is 5.41 Å². The van der Waals surface area contributed by atoms with E-state index in [0.29, 0.717) is 19.6 Å². The van der Waals surface area contributed by atoms with Crippen molar-refractivity contribution in [2.75, 3.05) is 6.61 Å². The second kappa shape index (κ2) is 6.03. The van der Waals surface area contributed by atoms with Gasteiger partial charge in [-0.25, -0.2) is 4.39 Å². The number of nitriles is 1. The molecule has 0 aromatic heterocycles. The van der Waals surface area contributed by atoms with Gasteiger partial charge < -0.3 is 10.1 Å². The summed E-state index contributed by atoms with van der Waals surface area (Å²) < 4.78 is 19.6.